The lowest BCUT2D eigenvalue weighted by Crippen LogP contribution is -2.51. The summed E-state index contributed by atoms with van der Waals surface area (Å²) in [6.07, 6.45) is 1.79. The van der Waals surface area contributed by atoms with Gasteiger partial charge in [-0.1, -0.05) is 48.5 Å². The molecule has 4 heteroatoms. The molecule has 0 aromatic heterocycles. The number of esters is 1. The van der Waals surface area contributed by atoms with Gasteiger partial charge in [-0.25, -0.2) is 4.79 Å². The highest BCUT2D eigenvalue weighted by molar-refractivity contribution is 5.82. The Morgan fingerprint density at radius 3 is 2.25 bits per heavy atom. The molecular formula is C20H21NO3. The van der Waals surface area contributed by atoms with Crippen molar-refractivity contribution in [1.82, 2.24) is 0 Å². The van der Waals surface area contributed by atoms with Crippen molar-refractivity contribution in [2.45, 2.75) is 36.8 Å². The molecule has 0 aliphatic heterocycles. The maximum atomic E-state index is 12.4. The lowest BCUT2D eigenvalue weighted by Gasteiger charge is -2.26. The number of rotatable bonds is 3. The zero-order valence-electron chi connectivity index (χ0n) is 13.4. The number of fused-ring (bicyclic) bond motifs is 3. The minimum atomic E-state index is -1.53. The number of nitrogens with two attached hydrogens (primary N) is 1. The van der Waals surface area contributed by atoms with Gasteiger partial charge in [0.25, 0.3) is 0 Å². The van der Waals surface area contributed by atoms with Crippen molar-refractivity contribution in [3.05, 3.63) is 59.7 Å². The highest BCUT2D eigenvalue weighted by atomic mass is 16.5. The first kappa shape index (κ1) is 15.4. The number of ether oxygens (including phenoxy) is 1. The van der Waals surface area contributed by atoms with Crippen LogP contribution in [0.3, 0.4) is 0 Å². The molecule has 2 aromatic rings. The summed E-state index contributed by atoms with van der Waals surface area (Å²) in [4.78, 5) is 12.4. The third-order valence-corrected chi connectivity index (χ3v) is 5.38. The average molecular weight is 323 g/mol. The Bertz CT molecular complexity index is 742. The number of carbonyl (C=O) groups excluding carboxylic acids is 1. The van der Waals surface area contributed by atoms with E-state index in [1.165, 1.54) is 11.1 Å². The van der Waals surface area contributed by atoms with Crippen LogP contribution in [0.2, 0.25) is 0 Å². The van der Waals surface area contributed by atoms with Gasteiger partial charge in [-0.15, -0.1) is 0 Å². The van der Waals surface area contributed by atoms with Crippen LogP contribution < -0.4 is 5.73 Å². The van der Waals surface area contributed by atoms with Gasteiger partial charge in [0.15, 0.2) is 5.60 Å². The molecule has 24 heavy (non-hydrogen) atoms. The number of hydrogen-bond donors (Lipinski definition) is 2. The van der Waals surface area contributed by atoms with Crippen LogP contribution in [0.1, 0.15) is 36.3 Å². The fourth-order valence-corrected chi connectivity index (χ4v) is 3.99. The minimum Gasteiger partial charge on any atom is -0.463 e. The average Bonchev–Trinajstić information content (AvgIpc) is 3.12. The molecular weight excluding hydrogens is 302 g/mol. The summed E-state index contributed by atoms with van der Waals surface area (Å²) in [5.41, 5.74) is 9.06. The third kappa shape index (κ3) is 2.26. The molecule has 0 amide bonds. The molecule has 2 aromatic carbocycles. The van der Waals surface area contributed by atoms with Gasteiger partial charge in [0.05, 0.1) is 0 Å². The summed E-state index contributed by atoms with van der Waals surface area (Å²) in [6, 6.07) is 15.8. The topological polar surface area (TPSA) is 72.5 Å². The fourth-order valence-electron chi connectivity index (χ4n) is 3.99. The van der Waals surface area contributed by atoms with E-state index >= 15 is 0 Å². The molecule has 2 aliphatic rings. The van der Waals surface area contributed by atoms with Crippen molar-refractivity contribution in [2.24, 2.45) is 5.73 Å². The van der Waals surface area contributed by atoms with E-state index in [0.29, 0.717) is 12.8 Å². The second kappa shape index (κ2) is 5.72. The first-order chi connectivity index (χ1) is 11.6. The molecule has 0 spiro atoms. The third-order valence-electron chi connectivity index (χ3n) is 5.38. The van der Waals surface area contributed by atoms with E-state index in [1.807, 2.05) is 24.3 Å². The summed E-state index contributed by atoms with van der Waals surface area (Å²) in [5.74, 6) is -0.586. The van der Waals surface area contributed by atoms with Gasteiger partial charge >= 0.3 is 5.97 Å². The highest BCUT2D eigenvalue weighted by Gasteiger charge is 2.47. The molecule has 3 N–H and O–H groups in total. The summed E-state index contributed by atoms with van der Waals surface area (Å²) in [7, 11) is 0. The van der Waals surface area contributed by atoms with Gasteiger partial charge < -0.3 is 15.6 Å². The van der Waals surface area contributed by atoms with Crippen molar-refractivity contribution < 1.29 is 14.6 Å². The SMILES string of the molecule is NC1CCCC1(O)C(=O)OCC1c2ccccc2-c2ccccc21. The smallest absolute Gasteiger partial charge is 0.339 e. The monoisotopic (exact) mass is 323 g/mol. The molecule has 4 nitrogen and oxygen atoms in total. The Labute approximate surface area is 141 Å². The lowest BCUT2D eigenvalue weighted by atomic mass is 9.97. The van der Waals surface area contributed by atoms with E-state index in [-0.39, 0.29) is 12.5 Å². The van der Waals surface area contributed by atoms with Crippen LogP contribution in [-0.2, 0) is 9.53 Å². The standard InChI is InChI=1S/C20H21NO3/c21-18-10-5-11-20(18,23)19(22)24-12-17-15-8-3-1-6-13(15)14-7-2-4-9-16(14)17/h1-4,6-9,17-18,23H,5,10-12,21H2. The Hall–Kier alpha value is -2.17. The molecule has 2 unspecified atom stereocenters. The Morgan fingerprint density at radius 2 is 1.71 bits per heavy atom. The van der Waals surface area contributed by atoms with Crippen LogP contribution in [0.5, 0.6) is 0 Å². The number of aliphatic hydroxyl groups is 1. The maximum Gasteiger partial charge on any atom is 0.339 e. The van der Waals surface area contributed by atoms with Crippen molar-refractivity contribution in [3.63, 3.8) is 0 Å². The highest BCUT2D eigenvalue weighted by Crippen LogP contribution is 2.44. The van der Waals surface area contributed by atoms with E-state index in [0.717, 1.165) is 17.5 Å². The Morgan fingerprint density at radius 1 is 1.12 bits per heavy atom. The normalized spacial score (nSPS) is 25.3. The number of carbonyl (C=O) groups is 1. The predicted octanol–water partition coefficient (Wildman–Crippen LogP) is 2.58. The van der Waals surface area contributed by atoms with Gasteiger partial charge in [0.2, 0.25) is 0 Å². The summed E-state index contributed by atoms with van der Waals surface area (Å²) in [6.45, 7) is 0.224. The van der Waals surface area contributed by atoms with Crippen LogP contribution in [0.4, 0.5) is 0 Å². The molecule has 124 valence electrons. The maximum absolute atomic E-state index is 12.4. The number of benzene rings is 2. The fraction of sp³-hybridized carbons (Fsp3) is 0.350. The van der Waals surface area contributed by atoms with Gasteiger partial charge in [-0.2, -0.15) is 0 Å². The molecule has 2 atom stereocenters. The van der Waals surface area contributed by atoms with Crippen molar-refractivity contribution >= 4 is 5.97 Å². The molecule has 1 fully saturated rings. The molecule has 4 rings (SSSR count). The van der Waals surface area contributed by atoms with E-state index in [2.05, 4.69) is 24.3 Å². The molecule has 0 saturated heterocycles. The molecule has 1 saturated carbocycles. The van der Waals surface area contributed by atoms with Crippen LogP contribution in [0, 0.1) is 0 Å². The summed E-state index contributed by atoms with van der Waals surface area (Å²) >= 11 is 0. The first-order valence-electron chi connectivity index (χ1n) is 8.44. The zero-order valence-corrected chi connectivity index (χ0v) is 13.4. The van der Waals surface area contributed by atoms with Crippen molar-refractivity contribution in [3.8, 4) is 11.1 Å². The van der Waals surface area contributed by atoms with Crippen molar-refractivity contribution in [2.75, 3.05) is 6.61 Å². The van der Waals surface area contributed by atoms with E-state index in [4.69, 9.17) is 10.5 Å². The first-order valence-corrected chi connectivity index (χ1v) is 8.44. The minimum absolute atomic E-state index is 0.00239. The molecule has 0 bridgehead atoms. The Balaban J connectivity index is 1.58. The van der Waals surface area contributed by atoms with Gasteiger partial charge in [-0.3, -0.25) is 0 Å². The van der Waals surface area contributed by atoms with Crippen LogP contribution in [-0.4, -0.2) is 29.3 Å². The van der Waals surface area contributed by atoms with Gasteiger partial charge in [-0.05, 0) is 41.5 Å². The quantitative estimate of drug-likeness (QED) is 0.852. The van der Waals surface area contributed by atoms with Crippen LogP contribution in [0.15, 0.2) is 48.5 Å². The summed E-state index contributed by atoms with van der Waals surface area (Å²) in [5, 5.41) is 10.5. The zero-order chi connectivity index (χ0) is 16.7. The second-order valence-electron chi connectivity index (χ2n) is 6.75. The van der Waals surface area contributed by atoms with E-state index in [1.54, 1.807) is 0 Å². The summed E-state index contributed by atoms with van der Waals surface area (Å²) < 4.78 is 5.53. The van der Waals surface area contributed by atoms with E-state index < -0.39 is 17.6 Å². The second-order valence-corrected chi connectivity index (χ2v) is 6.75. The van der Waals surface area contributed by atoms with Crippen LogP contribution in [0.25, 0.3) is 11.1 Å². The molecule has 0 heterocycles. The van der Waals surface area contributed by atoms with E-state index in [9.17, 15) is 9.90 Å². The van der Waals surface area contributed by atoms with Gasteiger partial charge in [0.1, 0.15) is 6.61 Å². The Kier molecular flexibility index (Phi) is 3.66. The van der Waals surface area contributed by atoms with Crippen molar-refractivity contribution in [1.29, 1.82) is 0 Å². The van der Waals surface area contributed by atoms with Gasteiger partial charge in [0, 0.05) is 12.0 Å². The van der Waals surface area contributed by atoms with Crippen LogP contribution >= 0.6 is 0 Å². The largest absolute Gasteiger partial charge is 0.463 e. The number of hydrogen-bond acceptors (Lipinski definition) is 4. The molecule has 2 aliphatic carbocycles. The predicted molar refractivity (Wildman–Crippen MR) is 91.5 cm³/mol. The molecule has 0 radical (unpaired) electrons. The lowest BCUT2D eigenvalue weighted by molar-refractivity contribution is -0.166.